The first-order chi connectivity index (χ1) is 12.3. The van der Waals surface area contributed by atoms with E-state index in [1.165, 1.54) is 0 Å². The third-order valence-corrected chi connectivity index (χ3v) is 4.34. The van der Waals surface area contributed by atoms with Crippen molar-refractivity contribution in [2.24, 2.45) is 0 Å². The van der Waals surface area contributed by atoms with Gasteiger partial charge in [-0.05, 0) is 38.1 Å². The first kappa shape index (κ1) is 19.1. The zero-order valence-electron chi connectivity index (χ0n) is 14.1. The summed E-state index contributed by atoms with van der Waals surface area (Å²) in [5.41, 5.74) is 1.72. The van der Waals surface area contributed by atoms with Crippen LogP contribution < -0.4 is 10.1 Å². The maximum absolute atomic E-state index is 11.9. The number of rotatable bonds is 6. The highest BCUT2D eigenvalue weighted by molar-refractivity contribution is 7.11. The number of nitrogens with zero attached hydrogens (tertiary/aromatic N) is 1. The van der Waals surface area contributed by atoms with Crippen LogP contribution in [0.4, 0.5) is 5.69 Å². The van der Waals surface area contributed by atoms with E-state index in [0.29, 0.717) is 21.9 Å². The molecule has 0 radical (unpaired) electrons. The minimum absolute atomic E-state index is 0.173. The van der Waals surface area contributed by atoms with E-state index in [-0.39, 0.29) is 11.4 Å². The highest BCUT2D eigenvalue weighted by atomic mass is 32.1. The van der Waals surface area contributed by atoms with Crippen molar-refractivity contribution in [2.75, 3.05) is 11.9 Å². The van der Waals surface area contributed by atoms with E-state index in [1.54, 1.807) is 42.7 Å². The monoisotopic (exact) mass is 375 g/mol. The quantitative estimate of drug-likeness (QED) is 0.527. The number of benzene rings is 1. The Morgan fingerprint density at radius 3 is 2.50 bits per heavy atom. The fourth-order valence-corrected chi connectivity index (χ4v) is 3.10. The summed E-state index contributed by atoms with van der Waals surface area (Å²) in [5, 5.41) is 19.1. The van der Waals surface area contributed by atoms with Crippen molar-refractivity contribution >= 4 is 34.9 Å². The Labute approximate surface area is 152 Å². The van der Waals surface area contributed by atoms with Crippen LogP contribution in [0.25, 0.3) is 5.69 Å². The maximum Gasteiger partial charge on any atom is 0.350 e. The normalized spacial score (nSPS) is 10.7. The number of aliphatic carboxylic acids is 1. The second-order valence-electron chi connectivity index (χ2n) is 5.09. The van der Waals surface area contributed by atoms with Gasteiger partial charge < -0.3 is 15.2 Å². The predicted molar refractivity (Wildman–Crippen MR) is 95.6 cm³/mol. The average molecular weight is 375 g/mol. The van der Waals surface area contributed by atoms with Gasteiger partial charge in [0.1, 0.15) is 4.88 Å². The third kappa shape index (κ3) is 4.45. The number of anilines is 1. The number of carbonyl (C=O) groups excluding carboxylic acids is 2. The Kier molecular flexibility index (Phi) is 6.07. The topological polar surface area (TPSA) is 121 Å². The molecule has 0 aliphatic carbocycles. The molecule has 2 rings (SSSR count). The summed E-state index contributed by atoms with van der Waals surface area (Å²) in [4.78, 5) is 34.5. The second-order valence-corrected chi connectivity index (χ2v) is 6.08. The number of amides is 1. The van der Waals surface area contributed by atoms with Crippen molar-refractivity contribution in [3.05, 3.63) is 51.8 Å². The summed E-state index contributed by atoms with van der Waals surface area (Å²) in [6.45, 7) is 3.70. The molecule has 9 heteroatoms. The van der Waals surface area contributed by atoms with Crippen LogP contribution in [0.1, 0.15) is 22.3 Å². The smallest absolute Gasteiger partial charge is 0.350 e. The van der Waals surface area contributed by atoms with E-state index in [1.807, 2.05) is 0 Å². The molecule has 2 aromatic rings. The van der Waals surface area contributed by atoms with Gasteiger partial charge in [-0.3, -0.25) is 14.8 Å². The number of hydrogen-bond donors (Lipinski definition) is 3. The molecule has 0 atom stereocenters. The number of carboxylic acid groups (broad SMARTS) is 1. The molecule has 0 aliphatic rings. The first-order valence-electron chi connectivity index (χ1n) is 7.60. The zero-order valence-corrected chi connectivity index (χ0v) is 14.9. The lowest BCUT2D eigenvalue weighted by atomic mass is 10.2. The lowest BCUT2D eigenvalue weighted by molar-refractivity contribution is -0.131. The molecule has 1 heterocycles. The molecule has 136 valence electrons. The molecule has 0 aliphatic heterocycles. The number of esters is 1. The van der Waals surface area contributed by atoms with Crippen molar-refractivity contribution in [2.45, 2.75) is 13.8 Å². The first-order valence-corrected chi connectivity index (χ1v) is 8.41. The lowest BCUT2D eigenvalue weighted by Crippen LogP contribution is -2.13. The molecule has 1 amide bonds. The van der Waals surface area contributed by atoms with Gasteiger partial charge in [0.25, 0.3) is 0 Å². The minimum atomic E-state index is -1.21. The van der Waals surface area contributed by atoms with Gasteiger partial charge in [-0.15, -0.1) is 0 Å². The highest BCUT2D eigenvalue weighted by Gasteiger charge is 2.18. The maximum atomic E-state index is 11.9. The summed E-state index contributed by atoms with van der Waals surface area (Å²) in [6.07, 6.45) is 1.67. The van der Waals surface area contributed by atoms with Gasteiger partial charge >= 0.3 is 11.9 Å². The van der Waals surface area contributed by atoms with Crippen LogP contribution in [0.5, 0.6) is 0 Å². The van der Waals surface area contributed by atoms with E-state index in [2.05, 4.69) is 5.32 Å². The predicted octanol–water partition coefficient (Wildman–Crippen LogP) is 2.08. The second kappa shape index (κ2) is 8.26. The van der Waals surface area contributed by atoms with Crippen LogP contribution in [0.15, 0.2) is 36.4 Å². The van der Waals surface area contributed by atoms with Gasteiger partial charge in [0.05, 0.1) is 6.61 Å². The van der Waals surface area contributed by atoms with E-state index >= 15 is 0 Å². The molecule has 0 spiro atoms. The Morgan fingerprint density at radius 2 is 1.92 bits per heavy atom. The molecule has 0 saturated heterocycles. The van der Waals surface area contributed by atoms with Crippen molar-refractivity contribution in [3.63, 3.8) is 0 Å². The molecule has 3 N–H and O–H groups in total. The summed E-state index contributed by atoms with van der Waals surface area (Å²) < 4.78 is 6.60. The van der Waals surface area contributed by atoms with Gasteiger partial charge in [0.2, 0.25) is 5.91 Å². The molecule has 8 nitrogen and oxygen atoms in total. The van der Waals surface area contributed by atoms with Crippen molar-refractivity contribution in [1.82, 2.24) is 4.57 Å². The summed E-state index contributed by atoms with van der Waals surface area (Å²) in [7, 11) is 0. The van der Waals surface area contributed by atoms with Crippen molar-refractivity contribution < 1.29 is 24.2 Å². The van der Waals surface area contributed by atoms with Crippen LogP contribution in [-0.2, 0) is 14.3 Å². The minimum Gasteiger partial charge on any atom is -0.478 e. The highest BCUT2D eigenvalue weighted by Crippen LogP contribution is 2.19. The molecule has 26 heavy (non-hydrogen) atoms. The van der Waals surface area contributed by atoms with Crippen LogP contribution in [0.3, 0.4) is 0 Å². The number of nitrogens with one attached hydrogen (secondary N) is 2. The lowest BCUT2D eigenvalue weighted by Gasteiger charge is -2.08. The summed E-state index contributed by atoms with van der Waals surface area (Å²) in [5.74, 6) is -2.23. The fourth-order valence-electron chi connectivity index (χ4n) is 2.19. The average Bonchev–Trinajstić information content (AvgIpc) is 2.89. The Morgan fingerprint density at radius 1 is 1.27 bits per heavy atom. The van der Waals surface area contributed by atoms with E-state index < -0.39 is 17.8 Å². The van der Waals surface area contributed by atoms with Crippen LogP contribution in [0, 0.1) is 12.3 Å². The van der Waals surface area contributed by atoms with E-state index in [0.717, 1.165) is 23.5 Å². The zero-order chi connectivity index (χ0) is 19.3. The van der Waals surface area contributed by atoms with Gasteiger partial charge in [-0.2, -0.15) is 0 Å². The standard InChI is InChI=1S/C17H17N3O5S/c1-3-25-16(24)15-10(2)20(17(18)26-15)12-6-4-11(5-7-12)19-13(21)8-9-14(22)23/h4-9,18H,3H2,1-2H3,(H,19,21)(H,22,23)/b9-8+,18-17?. The number of carbonyl (C=O) groups is 3. The number of hydrogen-bond acceptors (Lipinski definition) is 6. The SMILES string of the molecule is CCOC(=O)c1sc(=N)n(-c2ccc(NC(=O)/C=C/C(=O)O)cc2)c1C. The molecule has 0 fully saturated rings. The van der Waals surface area contributed by atoms with Gasteiger partial charge in [-0.25, -0.2) is 9.59 Å². The van der Waals surface area contributed by atoms with Gasteiger partial charge in [-0.1, -0.05) is 11.3 Å². The van der Waals surface area contributed by atoms with Crippen molar-refractivity contribution in [3.8, 4) is 5.69 Å². The van der Waals surface area contributed by atoms with E-state index in [4.69, 9.17) is 15.3 Å². The molecular formula is C17H17N3O5S. The van der Waals surface area contributed by atoms with Crippen molar-refractivity contribution in [1.29, 1.82) is 5.41 Å². The van der Waals surface area contributed by atoms with E-state index in [9.17, 15) is 14.4 Å². The Hall–Kier alpha value is -3.20. The Balaban J connectivity index is 2.24. The third-order valence-electron chi connectivity index (χ3n) is 3.30. The van der Waals surface area contributed by atoms with Gasteiger partial charge in [0.15, 0.2) is 4.80 Å². The Bertz CT molecular complexity index is 925. The van der Waals surface area contributed by atoms with Gasteiger partial charge in [0, 0.05) is 29.2 Å². The molecule has 0 saturated carbocycles. The molecule has 1 aromatic carbocycles. The number of thiazole rings is 1. The largest absolute Gasteiger partial charge is 0.478 e. The molecule has 0 unspecified atom stereocenters. The summed E-state index contributed by atoms with van der Waals surface area (Å²) in [6, 6.07) is 6.61. The number of carboxylic acids is 1. The molecule has 1 aromatic heterocycles. The summed E-state index contributed by atoms with van der Waals surface area (Å²) >= 11 is 1.03. The molecule has 0 bridgehead atoms. The van der Waals surface area contributed by atoms with Crippen LogP contribution >= 0.6 is 11.3 Å². The van der Waals surface area contributed by atoms with Crippen LogP contribution in [-0.4, -0.2) is 34.1 Å². The fraction of sp³-hybridized carbons (Fsp3) is 0.176. The number of aromatic nitrogens is 1. The number of ether oxygens (including phenoxy) is 1. The molecular weight excluding hydrogens is 358 g/mol. The van der Waals surface area contributed by atoms with Crippen LogP contribution in [0.2, 0.25) is 0 Å².